The van der Waals surface area contributed by atoms with Crippen LogP contribution in [-0.4, -0.2) is 35.3 Å². The third-order valence-electron chi connectivity index (χ3n) is 3.04. The molecule has 4 heteroatoms. The third kappa shape index (κ3) is 3.23. The van der Waals surface area contributed by atoms with Crippen LogP contribution in [0.2, 0.25) is 0 Å². The van der Waals surface area contributed by atoms with E-state index in [0.717, 1.165) is 12.8 Å². The molecule has 1 aliphatic rings. The van der Waals surface area contributed by atoms with Gasteiger partial charge >= 0.3 is 0 Å². The van der Waals surface area contributed by atoms with Gasteiger partial charge in [-0.2, -0.15) is 0 Å². The van der Waals surface area contributed by atoms with E-state index < -0.39 is 6.04 Å². The summed E-state index contributed by atoms with van der Waals surface area (Å²) in [7, 11) is 0. The summed E-state index contributed by atoms with van der Waals surface area (Å²) >= 11 is 0. The quantitative estimate of drug-likeness (QED) is 0.738. The first kappa shape index (κ1) is 13.6. The standard InChI is InChI=1S/C13H20N2O2/c1-4-7-10(5-2)15-9-8-12(16)14-11(6-3)13(15)17/h2,10-11H,4,6-9H2,1,3H3,(H,14,16). The van der Waals surface area contributed by atoms with Crippen molar-refractivity contribution < 1.29 is 9.59 Å². The molecule has 0 spiro atoms. The van der Waals surface area contributed by atoms with Crippen LogP contribution < -0.4 is 5.32 Å². The van der Waals surface area contributed by atoms with Crippen molar-refractivity contribution in [2.24, 2.45) is 0 Å². The Kier molecular flexibility index (Phi) is 5.02. The molecule has 1 heterocycles. The van der Waals surface area contributed by atoms with Crippen LogP contribution in [0, 0.1) is 12.3 Å². The van der Waals surface area contributed by atoms with Gasteiger partial charge in [0, 0.05) is 13.0 Å². The molecule has 17 heavy (non-hydrogen) atoms. The zero-order valence-electron chi connectivity index (χ0n) is 10.5. The Balaban J connectivity index is 2.86. The second-order valence-electron chi connectivity index (χ2n) is 4.28. The van der Waals surface area contributed by atoms with Gasteiger partial charge in [0.2, 0.25) is 11.8 Å². The molecule has 0 saturated carbocycles. The van der Waals surface area contributed by atoms with Crippen molar-refractivity contribution in [2.45, 2.75) is 51.6 Å². The van der Waals surface area contributed by atoms with E-state index >= 15 is 0 Å². The Labute approximate surface area is 103 Å². The SMILES string of the molecule is C#CC(CCC)N1CCC(=O)NC(CC)C1=O. The van der Waals surface area contributed by atoms with Crippen molar-refractivity contribution in [3.63, 3.8) is 0 Å². The molecule has 4 nitrogen and oxygen atoms in total. The van der Waals surface area contributed by atoms with E-state index in [1.807, 2.05) is 13.8 Å². The summed E-state index contributed by atoms with van der Waals surface area (Å²) in [4.78, 5) is 25.4. The molecule has 2 atom stereocenters. The number of hydrogen-bond donors (Lipinski definition) is 1. The minimum atomic E-state index is -0.419. The fourth-order valence-electron chi connectivity index (χ4n) is 2.05. The number of nitrogens with one attached hydrogen (secondary N) is 1. The number of hydrogen-bond acceptors (Lipinski definition) is 2. The average Bonchev–Trinajstić information content (AvgIpc) is 2.47. The number of amides is 2. The Bertz CT molecular complexity index is 333. The van der Waals surface area contributed by atoms with E-state index in [0.29, 0.717) is 19.4 Å². The molecule has 2 unspecified atom stereocenters. The summed E-state index contributed by atoms with van der Waals surface area (Å²) < 4.78 is 0. The van der Waals surface area contributed by atoms with Gasteiger partial charge in [-0.1, -0.05) is 26.2 Å². The van der Waals surface area contributed by atoms with Gasteiger partial charge in [0.05, 0.1) is 6.04 Å². The fourth-order valence-corrected chi connectivity index (χ4v) is 2.05. The van der Waals surface area contributed by atoms with Crippen molar-refractivity contribution >= 4 is 11.8 Å². The van der Waals surface area contributed by atoms with Crippen LogP contribution in [0.25, 0.3) is 0 Å². The van der Waals surface area contributed by atoms with Crippen LogP contribution in [0.15, 0.2) is 0 Å². The molecule has 2 amide bonds. The third-order valence-corrected chi connectivity index (χ3v) is 3.04. The molecule has 0 aliphatic carbocycles. The van der Waals surface area contributed by atoms with E-state index in [4.69, 9.17) is 6.42 Å². The van der Waals surface area contributed by atoms with Crippen LogP contribution >= 0.6 is 0 Å². The largest absolute Gasteiger partial charge is 0.344 e. The van der Waals surface area contributed by atoms with E-state index in [-0.39, 0.29) is 17.9 Å². The highest BCUT2D eigenvalue weighted by molar-refractivity contribution is 5.90. The highest BCUT2D eigenvalue weighted by Crippen LogP contribution is 2.13. The molecule has 94 valence electrons. The summed E-state index contributed by atoms with van der Waals surface area (Å²) in [6.45, 7) is 4.35. The zero-order chi connectivity index (χ0) is 12.8. The highest BCUT2D eigenvalue weighted by Gasteiger charge is 2.31. The number of nitrogens with zero attached hydrogens (tertiary/aromatic N) is 1. The monoisotopic (exact) mass is 236 g/mol. The van der Waals surface area contributed by atoms with Gasteiger partial charge in [0.15, 0.2) is 0 Å². The molecule has 1 aliphatic heterocycles. The Morgan fingerprint density at radius 3 is 2.76 bits per heavy atom. The fraction of sp³-hybridized carbons (Fsp3) is 0.692. The van der Waals surface area contributed by atoms with Crippen molar-refractivity contribution in [3.8, 4) is 12.3 Å². The summed E-state index contributed by atoms with van der Waals surface area (Å²) in [5.74, 6) is 2.54. The number of terminal acetylenes is 1. The maximum absolute atomic E-state index is 12.2. The van der Waals surface area contributed by atoms with E-state index in [1.165, 1.54) is 0 Å². The van der Waals surface area contributed by atoms with Gasteiger partial charge in [0.25, 0.3) is 0 Å². The lowest BCUT2D eigenvalue weighted by atomic mass is 10.1. The first-order valence-electron chi connectivity index (χ1n) is 6.20. The maximum atomic E-state index is 12.2. The highest BCUT2D eigenvalue weighted by atomic mass is 16.2. The molecule has 1 saturated heterocycles. The Hall–Kier alpha value is -1.50. The molecule has 0 bridgehead atoms. The van der Waals surface area contributed by atoms with Gasteiger partial charge in [-0.25, -0.2) is 0 Å². The molecule has 1 rings (SSSR count). The van der Waals surface area contributed by atoms with Crippen LogP contribution in [0.3, 0.4) is 0 Å². The molecule has 1 fully saturated rings. The summed E-state index contributed by atoms with van der Waals surface area (Å²) in [5.41, 5.74) is 0. The van der Waals surface area contributed by atoms with Crippen LogP contribution in [0.5, 0.6) is 0 Å². The lowest BCUT2D eigenvalue weighted by molar-refractivity contribution is -0.134. The van der Waals surface area contributed by atoms with Gasteiger partial charge in [-0.3, -0.25) is 9.59 Å². The van der Waals surface area contributed by atoms with Crippen LogP contribution in [-0.2, 0) is 9.59 Å². The maximum Gasteiger partial charge on any atom is 0.246 e. The van der Waals surface area contributed by atoms with Crippen LogP contribution in [0.4, 0.5) is 0 Å². The molecule has 0 aromatic heterocycles. The molecule has 0 aromatic rings. The average molecular weight is 236 g/mol. The minimum Gasteiger partial charge on any atom is -0.344 e. The lowest BCUT2D eigenvalue weighted by Crippen LogP contribution is -2.47. The van der Waals surface area contributed by atoms with E-state index in [1.54, 1.807) is 4.90 Å². The smallest absolute Gasteiger partial charge is 0.246 e. The Morgan fingerprint density at radius 1 is 1.53 bits per heavy atom. The predicted molar refractivity (Wildman–Crippen MR) is 66.1 cm³/mol. The second kappa shape index (κ2) is 6.29. The van der Waals surface area contributed by atoms with E-state index in [9.17, 15) is 9.59 Å². The van der Waals surface area contributed by atoms with Crippen molar-refractivity contribution in [3.05, 3.63) is 0 Å². The molecule has 1 N–H and O–H groups in total. The van der Waals surface area contributed by atoms with Gasteiger partial charge < -0.3 is 10.2 Å². The predicted octanol–water partition coefficient (Wildman–Crippen LogP) is 0.915. The number of carbonyl (C=O) groups excluding carboxylic acids is 2. The van der Waals surface area contributed by atoms with Crippen molar-refractivity contribution in [1.29, 1.82) is 0 Å². The second-order valence-corrected chi connectivity index (χ2v) is 4.28. The number of rotatable bonds is 4. The lowest BCUT2D eigenvalue weighted by Gasteiger charge is -2.28. The van der Waals surface area contributed by atoms with Gasteiger partial charge in [0.1, 0.15) is 6.04 Å². The van der Waals surface area contributed by atoms with E-state index in [2.05, 4.69) is 11.2 Å². The summed E-state index contributed by atoms with van der Waals surface area (Å²) in [5, 5.41) is 2.73. The van der Waals surface area contributed by atoms with Gasteiger partial charge in [-0.05, 0) is 12.8 Å². The topological polar surface area (TPSA) is 49.4 Å². The van der Waals surface area contributed by atoms with Crippen molar-refractivity contribution in [1.82, 2.24) is 10.2 Å². The normalized spacial score (nSPS) is 22.6. The molecular weight excluding hydrogens is 216 g/mol. The first-order valence-corrected chi connectivity index (χ1v) is 6.20. The van der Waals surface area contributed by atoms with Crippen molar-refractivity contribution in [2.75, 3.05) is 6.54 Å². The molecular formula is C13H20N2O2. The number of carbonyl (C=O) groups is 2. The summed E-state index contributed by atoms with van der Waals surface area (Å²) in [6.07, 6.45) is 8.13. The summed E-state index contributed by atoms with van der Waals surface area (Å²) in [6, 6.07) is -0.605. The van der Waals surface area contributed by atoms with Gasteiger partial charge in [-0.15, -0.1) is 6.42 Å². The molecule has 0 aromatic carbocycles. The first-order chi connectivity index (χ1) is 8.13. The Morgan fingerprint density at radius 2 is 2.24 bits per heavy atom. The van der Waals surface area contributed by atoms with Crippen LogP contribution in [0.1, 0.15) is 39.5 Å². The molecule has 0 radical (unpaired) electrons. The minimum absolute atomic E-state index is 0.0465. The zero-order valence-corrected chi connectivity index (χ0v) is 10.5.